The summed E-state index contributed by atoms with van der Waals surface area (Å²) in [6.07, 6.45) is 0. The number of nitrogens with zero attached hydrogens (tertiary/aromatic N) is 1. The van der Waals surface area contributed by atoms with Crippen molar-refractivity contribution in [2.45, 2.75) is 19.9 Å². The van der Waals surface area contributed by atoms with Crippen molar-refractivity contribution in [3.63, 3.8) is 0 Å². The van der Waals surface area contributed by atoms with Crippen LogP contribution in [0.4, 0.5) is 5.69 Å². The van der Waals surface area contributed by atoms with Crippen molar-refractivity contribution in [3.05, 3.63) is 29.8 Å². The molecule has 0 aromatic heterocycles. The quantitative estimate of drug-likeness (QED) is 0.696. The van der Waals surface area contributed by atoms with Gasteiger partial charge in [0.15, 0.2) is 0 Å². The molecule has 1 saturated heterocycles. The second kappa shape index (κ2) is 4.26. The molecule has 0 aliphatic carbocycles. The molecule has 2 heteroatoms. The summed E-state index contributed by atoms with van der Waals surface area (Å²) in [4.78, 5) is 2.51. The standard InChI is InChI=1S/C12H17NS/c1-10-3-5-12(6-4-10)13-7-8-14-9-11(13)2/h3-6,11H,7-9H2,1-2H3. The Balaban J connectivity index is 2.16. The zero-order chi connectivity index (χ0) is 9.97. The Bertz CT molecular complexity index is 294. The van der Waals surface area contributed by atoms with Crippen molar-refractivity contribution in [1.82, 2.24) is 0 Å². The minimum absolute atomic E-state index is 0.677. The molecule has 0 radical (unpaired) electrons. The zero-order valence-electron chi connectivity index (χ0n) is 8.86. The molecule has 0 N–H and O–H groups in total. The van der Waals surface area contributed by atoms with Gasteiger partial charge in [-0.1, -0.05) is 17.7 Å². The SMILES string of the molecule is Cc1ccc(N2CCSCC2C)cc1. The highest BCUT2D eigenvalue weighted by Crippen LogP contribution is 2.23. The fraction of sp³-hybridized carbons (Fsp3) is 0.500. The van der Waals surface area contributed by atoms with E-state index in [0.717, 1.165) is 0 Å². The summed E-state index contributed by atoms with van der Waals surface area (Å²) in [6.45, 7) is 5.64. The van der Waals surface area contributed by atoms with Gasteiger partial charge in [0.05, 0.1) is 0 Å². The maximum atomic E-state index is 2.51. The number of anilines is 1. The van der Waals surface area contributed by atoms with Crippen molar-refractivity contribution >= 4 is 17.4 Å². The van der Waals surface area contributed by atoms with Crippen LogP contribution in [0.25, 0.3) is 0 Å². The summed E-state index contributed by atoms with van der Waals surface area (Å²) < 4.78 is 0. The number of hydrogen-bond donors (Lipinski definition) is 0. The number of hydrogen-bond acceptors (Lipinski definition) is 2. The molecule has 1 unspecified atom stereocenters. The molecule has 1 nitrogen and oxygen atoms in total. The van der Waals surface area contributed by atoms with E-state index in [4.69, 9.17) is 0 Å². The van der Waals surface area contributed by atoms with Gasteiger partial charge in [-0.3, -0.25) is 0 Å². The van der Waals surface area contributed by atoms with Gasteiger partial charge in [0.25, 0.3) is 0 Å². The Morgan fingerprint density at radius 1 is 1.29 bits per heavy atom. The molecule has 1 aromatic carbocycles. The minimum Gasteiger partial charge on any atom is -0.367 e. The molecule has 1 aliphatic heterocycles. The maximum Gasteiger partial charge on any atom is 0.0369 e. The first kappa shape index (κ1) is 9.91. The Kier molecular flexibility index (Phi) is 3.02. The third kappa shape index (κ3) is 2.06. The van der Waals surface area contributed by atoms with Gasteiger partial charge in [0.2, 0.25) is 0 Å². The van der Waals surface area contributed by atoms with E-state index in [2.05, 4.69) is 54.8 Å². The normalized spacial score (nSPS) is 22.4. The molecule has 1 aliphatic rings. The fourth-order valence-corrected chi connectivity index (χ4v) is 2.86. The molecule has 0 amide bonds. The van der Waals surface area contributed by atoms with Gasteiger partial charge in [0, 0.05) is 29.8 Å². The van der Waals surface area contributed by atoms with Gasteiger partial charge < -0.3 is 4.90 Å². The van der Waals surface area contributed by atoms with Gasteiger partial charge in [-0.25, -0.2) is 0 Å². The van der Waals surface area contributed by atoms with Gasteiger partial charge >= 0.3 is 0 Å². The molecule has 0 spiro atoms. The lowest BCUT2D eigenvalue weighted by Gasteiger charge is -2.35. The monoisotopic (exact) mass is 207 g/mol. The molecular weight excluding hydrogens is 190 g/mol. The summed E-state index contributed by atoms with van der Waals surface area (Å²) in [5, 5.41) is 0. The van der Waals surface area contributed by atoms with Crippen LogP contribution >= 0.6 is 11.8 Å². The Hall–Kier alpha value is -0.630. The number of thioether (sulfide) groups is 1. The van der Waals surface area contributed by atoms with E-state index >= 15 is 0 Å². The van der Waals surface area contributed by atoms with Crippen molar-refractivity contribution < 1.29 is 0 Å². The molecule has 76 valence electrons. The smallest absolute Gasteiger partial charge is 0.0369 e. The fourth-order valence-electron chi connectivity index (χ4n) is 1.85. The van der Waals surface area contributed by atoms with Crippen LogP contribution in [0.15, 0.2) is 24.3 Å². The predicted molar refractivity (Wildman–Crippen MR) is 65.3 cm³/mol. The zero-order valence-corrected chi connectivity index (χ0v) is 9.68. The molecule has 2 rings (SSSR count). The lowest BCUT2D eigenvalue weighted by Crippen LogP contribution is -2.40. The first-order valence-electron chi connectivity index (χ1n) is 5.18. The van der Waals surface area contributed by atoms with E-state index in [1.165, 1.54) is 29.3 Å². The Morgan fingerprint density at radius 2 is 2.00 bits per heavy atom. The Morgan fingerprint density at radius 3 is 2.64 bits per heavy atom. The van der Waals surface area contributed by atoms with Crippen LogP contribution < -0.4 is 4.90 Å². The first-order valence-corrected chi connectivity index (χ1v) is 6.34. The molecule has 1 aromatic rings. The van der Waals surface area contributed by atoms with Crippen LogP contribution in [0.3, 0.4) is 0 Å². The van der Waals surface area contributed by atoms with E-state index in [1.807, 2.05) is 0 Å². The predicted octanol–water partition coefficient (Wildman–Crippen LogP) is 2.94. The third-order valence-electron chi connectivity index (χ3n) is 2.73. The van der Waals surface area contributed by atoms with E-state index in [0.29, 0.717) is 6.04 Å². The topological polar surface area (TPSA) is 3.24 Å². The van der Waals surface area contributed by atoms with E-state index < -0.39 is 0 Å². The van der Waals surface area contributed by atoms with Crippen LogP contribution in [0.2, 0.25) is 0 Å². The van der Waals surface area contributed by atoms with Crippen molar-refractivity contribution in [2.75, 3.05) is 23.0 Å². The summed E-state index contributed by atoms with van der Waals surface area (Å²) in [6, 6.07) is 9.55. The van der Waals surface area contributed by atoms with Crippen LogP contribution in [0, 0.1) is 6.92 Å². The highest BCUT2D eigenvalue weighted by atomic mass is 32.2. The molecule has 1 atom stereocenters. The van der Waals surface area contributed by atoms with Crippen molar-refractivity contribution in [1.29, 1.82) is 0 Å². The largest absolute Gasteiger partial charge is 0.367 e. The molecule has 0 saturated carbocycles. The maximum absolute atomic E-state index is 2.51. The van der Waals surface area contributed by atoms with Gasteiger partial charge in [-0.2, -0.15) is 11.8 Å². The first-order chi connectivity index (χ1) is 6.77. The van der Waals surface area contributed by atoms with Crippen LogP contribution in [0.5, 0.6) is 0 Å². The number of rotatable bonds is 1. The summed E-state index contributed by atoms with van der Waals surface area (Å²) in [7, 11) is 0. The molecular formula is C12H17NS. The average Bonchev–Trinajstić information content (AvgIpc) is 2.20. The lowest BCUT2D eigenvalue weighted by atomic mass is 10.2. The van der Waals surface area contributed by atoms with Crippen LogP contribution in [-0.4, -0.2) is 24.1 Å². The minimum atomic E-state index is 0.677. The van der Waals surface area contributed by atoms with Crippen LogP contribution in [0.1, 0.15) is 12.5 Å². The van der Waals surface area contributed by atoms with Crippen LogP contribution in [-0.2, 0) is 0 Å². The molecule has 1 heterocycles. The highest BCUT2D eigenvalue weighted by Gasteiger charge is 2.18. The second-order valence-electron chi connectivity index (χ2n) is 3.95. The summed E-state index contributed by atoms with van der Waals surface area (Å²) in [5.41, 5.74) is 2.72. The summed E-state index contributed by atoms with van der Waals surface area (Å²) >= 11 is 2.06. The van der Waals surface area contributed by atoms with E-state index in [1.54, 1.807) is 0 Å². The molecule has 1 fully saturated rings. The lowest BCUT2D eigenvalue weighted by molar-refractivity contribution is 0.700. The second-order valence-corrected chi connectivity index (χ2v) is 5.10. The number of aryl methyl sites for hydroxylation is 1. The third-order valence-corrected chi connectivity index (χ3v) is 3.92. The van der Waals surface area contributed by atoms with Crippen molar-refractivity contribution in [2.24, 2.45) is 0 Å². The molecule has 14 heavy (non-hydrogen) atoms. The molecule has 0 bridgehead atoms. The van der Waals surface area contributed by atoms with E-state index in [9.17, 15) is 0 Å². The van der Waals surface area contributed by atoms with Gasteiger partial charge in [-0.05, 0) is 26.0 Å². The van der Waals surface area contributed by atoms with Crippen molar-refractivity contribution in [3.8, 4) is 0 Å². The summed E-state index contributed by atoms with van der Waals surface area (Å²) in [5.74, 6) is 2.52. The highest BCUT2D eigenvalue weighted by molar-refractivity contribution is 7.99. The Labute approximate surface area is 90.5 Å². The van der Waals surface area contributed by atoms with Gasteiger partial charge in [-0.15, -0.1) is 0 Å². The van der Waals surface area contributed by atoms with Gasteiger partial charge in [0.1, 0.15) is 0 Å². The number of benzene rings is 1. The average molecular weight is 207 g/mol. The van der Waals surface area contributed by atoms with E-state index in [-0.39, 0.29) is 0 Å².